The Bertz CT molecular complexity index is 772. The van der Waals surface area contributed by atoms with Crippen LogP contribution in [0.25, 0.3) is 11.3 Å². The fraction of sp³-hybridized carbons (Fsp3) is 0.500. The standard InChI is InChI=1S/C20H26F3N3O4/c21-20(22,23)17-5-2-15(3-6-17)19-16(14-25-30-19)4-7-18(29)24-8-1-9-26(10-12-27)11-13-28/h2-3,5-6,14,27-28H,1,4,7-13H2,(H,24,29). The number of hydrogen-bond donors (Lipinski definition) is 3. The van der Waals surface area contributed by atoms with E-state index in [2.05, 4.69) is 10.5 Å². The molecule has 7 nitrogen and oxygen atoms in total. The molecule has 0 fully saturated rings. The van der Waals surface area contributed by atoms with Crippen molar-refractivity contribution >= 4 is 5.91 Å². The Balaban J connectivity index is 1.80. The first-order chi connectivity index (χ1) is 14.3. The SMILES string of the molecule is O=C(CCc1cnoc1-c1ccc(C(F)(F)F)cc1)NCCCN(CCO)CCO. The number of carbonyl (C=O) groups is 1. The molecule has 0 saturated heterocycles. The number of amides is 1. The first-order valence-corrected chi connectivity index (χ1v) is 9.67. The van der Waals surface area contributed by atoms with E-state index in [1.165, 1.54) is 18.3 Å². The third kappa shape index (κ3) is 7.43. The Morgan fingerprint density at radius 1 is 1.10 bits per heavy atom. The van der Waals surface area contributed by atoms with Crippen molar-refractivity contribution in [2.45, 2.75) is 25.4 Å². The third-order valence-electron chi connectivity index (χ3n) is 4.55. The Kier molecular flexibility index (Phi) is 9.28. The summed E-state index contributed by atoms with van der Waals surface area (Å²) in [5.74, 6) is 0.186. The molecule has 0 unspecified atom stereocenters. The van der Waals surface area contributed by atoms with Crippen LogP contribution in [0.1, 0.15) is 24.0 Å². The summed E-state index contributed by atoms with van der Waals surface area (Å²) in [5.41, 5.74) is 0.356. The van der Waals surface area contributed by atoms with Crippen LogP contribution in [0.4, 0.5) is 13.2 Å². The molecular weight excluding hydrogens is 403 g/mol. The summed E-state index contributed by atoms with van der Waals surface area (Å²) >= 11 is 0. The average Bonchev–Trinajstić information content (AvgIpc) is 3.18. The molecule has 1 aromatic heterocycles. The number of aryl methyl sites for hydroxylation is 1. The summed E-state index contributed by atoms with van der Waals surface area (Å²) in [5, 5.41) is 24.4. The van der Waals surface area contributed by atoms with E-state index in [9.17, 15) is 18.0 Å². The van der Waals surface area contributed by atoms with Crippen LogP contribution < -0.4 is 5.32 Å². The number of nitrogens with one attached hydrogen (secondary N) is 1. The molecule has 2 aromatic rings. The zero-order chi connectivity index (χ0) is 22.0. The minimum absolute atomic E-state index is 0.00631. The molecule has 2 rings (SSSR count). The molecule has 0 atom stereocenters. The topological polar surface area (TPSA) is 98.8 Å². The minimum Gasteiger partial charge on any atom is -0.395 e. The lowest BCUT2D eigenvalue weighted by Crippen LogP contribution is -2.33. The van der Waals surface area contributed by atoms with Gasteiger partial charge in [-0.2, -0.15) is 13.2 Å². The smallest absolute Gasteiger partial charge is 0.395 e. The van der Waals surface area contributed by atoms with Crippen LogP contribution in [0.3, 0.4) is 0 Å². The van der Waals surface area contributed by atoms with Crippen LogP contribution in [0.2, 0.25) is 0 Å². The van der Waals surface area contributed by atoms with E-state index in [0.717, 1.165) is 12.1 Å². The number of aromatic nitrogens is 1. The maximum atomic E-state index is 12.7. The van der Waals surface area contributed by atoms with Gasteiger partial charge in [-0.1, -0.05) is 17.3 Å². The number of nitrogens with zero attached hydrogens (tertiary/aromatic N) is 2. The van der Waals surface area contributed by atoms with Crippen LogP contribution in [-0.2, 0) is 17.4 Å². The second-order valence-corrected chi connectivity index (χ2v) is 6.75. The van der Waals surface area contributed by atoms with Crippen molar-refractivity contribution < 1.29 is 32.7 Å². The van der Waals surface area contributed by atoms with Gasteiger partial charge in [0, 0.05) is 37.2 Å². The van der Waals surface area contributed by atoms with Gasteiger partial charge in [0.2, 0.25) is 5.91 Å². The quantitative estimate of drug-likeness (QED) is 0.447. The summed E-state index contributed by atoms with van der Waals surface area (Å²) in [6, 6.07) is 4.59. The fourth-order valence-corrected chi connectivity index (χ4v) is 2.97. The highest BCUT2D eigenvalue weighted by atomic mass is 19.4. The molecule has 10 heteroatoms. The molecule has 0 bridgehead atoms. The summed E-state index contributed by atoms with van der Waals surface area (Å²) in [7, 11) is 0. The van der Waals surface area contributed by atoms with E-state index in [1.807, 2.05) is 4.90 Å². The van der Waals surface area contributed by atoms with Gasteiger partial charge in [-0.05, 0) is 31.5 Å². The molecule has 1 amide bonds. The molecule has 166 valence electrons. The fourth-order valence-electron chi connectivity index (χ4n) is 2.97. The summed E-state index contributed by atoms with van der Waals surface area (Å²) < 4.78 is 43.3. The van der Waals surface area contributed by atoms with E-state index in [4.69, 9.17) is 14.7 Å². The van der Waals surface area contributed by atoms with Crippen LogP contribution in [0, 0.1) is 0 Å². The van der Waals surface area contributed by atoms with Crippen LogP contribution in [-0.4, -0.2) is 65.6 Å². The van der Waals surface area contributed by atoms with Gasteiger partial charge in [0.1, 0.15) is 0 Å². The Labute approximate surface area is 172 Å². The first-order valence-electron chi connectivity index (χ1n) is 9.67. The third-order valence-corrected chi connectivity index (χ3v) is 4.55. The number of benzene rings is 1. The van der Waals surface area contributed by atoms with Crippen molar-refractivity contribution in [3.63, 3.8) is 0 Å². The second-order valence-electron chi connectivity index (χ2n) is 6.75. The summed E-state index contributed by atoms with van der Waals surface area (Å²) in [6.45, 7) is 2.05. The Hall–Kier alpha value is -2.43. The van der Waals surface area contributed by atoms with Crippen LogP contribution in [0.5, 0.6) is 0 Å². The minimum atomic E-state index is -4.41. The van der Waals surface area contributed by atoms with Crippen molar-refractivity contribution in [3.8, 4) is 11.3 Å². The van der Waals surface area contributed by atoms with Gasteiger partial charge in [0.15, 0.2) is 5.76 Å². The Morgan fingerprint density at radius 2 is 1.77 bits per heavy atom. The zero-order valence-corrected chi connectivity index (χ0v) is 16.5. The highest BCUT2D eigenvalue weighted by molar-refractivity contribution is 5.76. The predicted octanol–water partition coefficient (Wildman–Crippen LogP) is 2.09. The van der Waals surface area contributed by atoms with E-state index < -0.39 is 11.7 Å². The molecular formula is C20H26F3N3O4. The van der Waals surface area contributed by atoms with Gasteiger partial charge in [0.05, 0.1) is 25.0 Å². The Morgan fingerprint density at radius 3 is 2.37 bits per heavy atom. The maximum Gasteiger partial charge on any atom is 0.416 e. The number of carbonyl (C=O) groups excluding carboxylic acids is 1. The maximum absolute atomic E-state index is 12.7. The highest BCUT2D eigenvalue weighted by Gasteiger charge is 2.30. The zero-order valence-electron chi connectivity index (χ0n) is 16.5. The molecule has 30 heavy (non-hydrogen) atoms. The van der Waals surface area contributed by atoms with E-state index in [0.29, 0.717) is 55.9 Å². The molecule has 0 radical (unpaired) electrons. The second kappa shape index (κ2) is 11.7. The molecule has 0 saturated carbocycles. The highest BCUT2D eigenvalue weighted by Crippen LogP contribution is 2.32. The molecule has 0 aliphatic carbocycles. The number of hydrogen-bond acceptors (Lipinski definition) is 6. The molecule has 0 aliphatic heterocycles. The van der Waals surface area contributed by atoms with Gasteiger partial charge in [-0.3, -0.25) is 9.69 Å². The van der Waals surface area contributed by atoms with Crippen molar-refractivity contribution in [2.24, 2.45) is 0 Å². The summed E-state index contributed by atoms with van der Waals surface area (Å²) in [6.07, 6.45) is -1.75. The average molecular weight is 429 g/mol. The number of aliphatic hydroxyl groups is 2. The van der Waals surface area contributed by atoms with Crippen molar-refractivity contribution in [3.05, 3.63) is 41.6 Å². The normalized spacial score (nSPS) is 11.8. The van der Waals surface area contributed by atoms with Crippen LogP contribution in [0.15, 0.2) is 35.0 Å². The lowest BCUT2D eigenvalue weighted by Gasteiger charge is -2.19. The molecule has 0 spiro atoms. The number of alkyl halides is 3. The van der Waals surface area contributed by atoms with E-state index >= 15 is 0 Å². The molecule has 1 aromatic carbocycles. The molecule has 0 aliphatic rings. The predicted molar refractivity (Wildman–Crippen MR) is 104 cm³/mol. The van der Waals surface area contributed by atoms with E-state index in [-0.39, 0.29) is 25.5 Å². The van der Waals surface area contributed by atoms with Gasteiger partial charge >= 0.3 is 6.18 Å². The first kappa shape index (κ1) is 23.8. The number of rotatable bonds is 12. The van der Waals surface area contributed by atoms with Crippen molar-refractivity contribution in [1.29, 1.82) is 0 Å². The molecule has 1 heterocycles. The van der Waals surface area contributed by atoms with Gasteiger partial charge in [0.25, 0.3) is 0 Å². The van der Waals surface area contributed by atoms with Gasteiger partial charge in [-0.25, -0.2) is 0 Å². The molecule has 3 N–H and O–H groups in total. The summed E-state index contributed by atoms with van der Waals surface area (Å²) in [4.78, 5) is 14.0. The largest absolute Gasteiger partial charge is 0.416 e. The number of halogens is 3. The van der Waals surface area contributed by atoms with Crippen molar-refractivity contribution in [1.82, 2.24) is 15.4 Å². The van der Waals surface area contributed by atoms with Crippen molar-refractivity contribution in [2.75, 3.05) is 39.4 Å². The van der Waals surface area contributed by atoms with Crippen LogP contribution >= 0.6 is 0 Å². The monoisotopic (exact) mass is 429 g/mol. The van der Waals surface area contributed by atoms with Gasteiger partial charge < -0.3 is 20.1 Å². The van der Waals surface area contributed by atoms with E-state index in [1.54, 1.807) is 0 Å². The van der Waals surface area contributed by atoms with Gasteiger partial charge in [-0.15, -0.1) is 0 Å². The lowest BCUT2D eigenvalue weighted by molar-refractivity contribution is -0.137. The lowest BCUT2D eigenvalue weighted by atomic mass is 10.0. The number of aliphatic hydroxyl groups excluding tert-OH is 2.